The summed E-state index contributed by atoms with van der Waals surface area (Å²) < 4.78 is 5.60. The number of hydrogen-bond donors (Lipinski definition) is 1. The van der Waals surface area contributed by atoms with Crippen molar-refractivity contribution in [2.24, 2.45) is 11.3 Å². The highest BCUT2D eigenvalue weighted by Gasteiger charge is 2.22. The van der Waals surface area contributed by atoms with E-state index in [-0.39, 0.29) is 5.91 Å². The van der Waals surface area contributed by atoms with Gasteiger partial charge in [-0.2, -0.15) is 0 Å². The van der Waals surface area contributed by atoms with Gasteiger partial charge >= 0.3 is 0 Å². The van der Waals surface area contributed by atoms with Gasteiger partial charge in [0.05, 0.1) is 12.3 Å². The maximum absolute atomic E-state index is 11.9. The quantitative estimate of drug-likeness (QED) is 0.887. The van der Waals surface area contributed by atoms with Crippen molar-refractivity contribution in [3.63, 3.8) is 0 Å². The molecule has 0 aromatic carbocycles. The highest BCUT2D eigenvalue weighted by molar-refractivity contribution is 5.93. The summed E-state index contributed by atoms with van der Waals surface area (Å²) in [5.74, 6) is 1.31. The molecular weight excluding hydrogens is 240 g/mol. The van der Waals surface area contributed by atoms with Crippen molar-refractivity contribution in [1.82, 2.24) is 4.98 Å². The summed E-state index contributed by atoms with van der Waals surface area (Å²) in [5, 5.41) is 2.83. The number of anilines is 1. The molecule has 0 spiro atoms. The van der Waals surface area contributed by atoms with Gasteiger partial charge in [-0.15, -0.1) is 0 Å². The second-order valence-electron chi connectivity index (χ2n) is 6.18. The van der Waals surface area contributed by atoms with Crippen LogP contribution in [0.5, 0.6) is 0 Å². The highest BCUT2D eigenvalue weighted by Crippen LogP contribution is 2.29. The van der Waals surface area contributed by atoms with Crippen LogP contribution < -0.4 is 5.32 Å². The molecule has 1 aliphatic carbocycles. The maximum Gasteiger partial charge on any atom is 0.230 e. The van der Waals surface area contributed by atoms with Crippen LogP contribution in [0.2, 0.25) is 0 Å². The third-order valence-corrected chi connectivity index (χ3v) is 3.03. The number of rotatable bonds is 5. The molecule has 0 radical (unpaired) electrons. The van der Waals surface area contributed by atoms with Gasteiger partial charge in [0.25, 0.3) is 0 Å². The monoisotopic (exact) mass is 262 g/mol. The van der Waals surface area contributed by atoms with Gasteiger partial charge in [0, 0.05) is 12.0 Å². The predicted molar refractivity (Wildman–Crippen MR) is 74.7 cm³/mol. The van der Waals surface area contributed by atoms with E-state index in [9.17, 15) is 4.79 Å². The lowest BCUT2D eigenvalue weighted by Gasteiger charge is -2.17. The van der Waals surface area contributed by atoms with Crippen molar-refractivity contribution in [2.45, 2.75) is 40.2 Å². The molecule has 1 aromatic heterocycles. The number of aromatic nitrogens is 1. The lowest BCUT2D eigenvalue weighted by Crippen LogP contribution is -2.28. The minimum absolute atomic E-state index is 0.0314. The minimum Gasteiger partial charge on any atom is -0.375 e. The Morgan fingerprint density at radius 3 is 2.79 bits per heavy atom. The number of amides is 1. The zero-order chi connectivity index (χ0) is 13.9. The average Bonchev–Trinajstić information content (AvgIpc) is 3.12. The van der Waals surface area contributed by atoms with Crippen LogP contribution in [0.1, 0.15) is 39.3 Å². The molecular formula is C15H22N2O2. The maximum atomic E-state index is 11.9. The Balaban J connectivity index is 1.88. The van der Waals surface area contributed by atoms with Gasteiger partial charge in [-0.05, 0) is 30.9 Å². The van der Waals surface area contributed by atoms with E-state index in [0.29, 0.717) is 12.4 Å². The molecule has 0 bridgehead atoms. The van der Waals surface area contributed by atoms with E-state index in [2.05, 4.69) is 10.3 Å². The van der Waals surface area contributed by atoms with E-state index in [4.69, 9.17) is 4.74 Å². The standard InChI is InChI=1S/C15H22N2O2/c1-15(2,3)14(18)17-13-6-4-5-12(16-13)10-19-9-11-7-8-11/h4-6,11H,7-10H2,1-3H3,(H,16,17,18). The third-order valence-electron chi connectivity index (χ3n) is 3.03. The lowest BCUT2D eigenvalue weighted by atomic mass is 9.96. The summed E-state index contributed by atoms with van der Waals surface area (Å²) in [7, 11) is 0. The smallest absolute Gasteiger partial charge is 0.230 e. The van der Waals surface area contributed by atoms with E-state index in [0.717, 1.165) is 18.2 Å². The average molecular weight is 262 g/mol. The number of carbonyl (C=O) groups is 1. The first-order valence-electron chi connectivity index (χ1n) is 6.80. The van der Waals surface area contributed by atoms with E-state index in [1.807, 2.05) is 32.9 Å². The van der Waals surface area contributed by atoms with Crippen molar-refractivity contribution in [1.29, 1.82) is 0 Å². The SMILES string of the molecule is CC(C)(C)C(=O)Nc1cccc(COCC2CC2)n1. The molecule has 104 valence electrons. The fraction of sp³-hybridized carbons (Fsp3) is 0.600. The molecule has 4 nitrogen and oxygen atoms in total. The van der Waals surface area contributed by atoms with Crippen LogP contribution in [-0.2, 0) is 16.1 Å². The normalized spacial score (nSPS) is 15.3. The first-order valence-corrected chi connectivity index (χ1v) is 6.80. The lowest BCUT2D eigenvalue weighted by molar-refractivity contribution is -0.123. The molecule has 0 atom stereocenters. The van der Waals surface area contributed by atoms with Gasteiger partial charge in [0.1, 0.15) is 5.82 Å². The molecule has 0 aliphatic heterocycles. The van der Waals surface area contributed by atoms with Gasteiger partial charge < -0.3 is 10.1 Å². The van der Waals surface area contributed by atoms with E-state index in [1.165, 1.54) is 12.8 Å². The van der Waals surface area contributed by atoms with E-state index in [1.54, 1.807) is 6.07 Å². The van der Waals surface area contributed by atoms with Crippen LogP contribution in [0.15, 0.2) is 18.2 Å². The first kappa shape index (κ1) is 14.0. The van der Waals surface area contributed by atoms with Crippen LogP contribution in [0.4, 0.5) is 5.82 Å². The zero-order valence-corrected chi connectivity index (χ0v) is 11.9. The van der Waals surface area contributed by atoms with Gasteiger partial charge in [0.2, 0.25) is 5.91 Å². The molecule has 1 fully saturated rings. The Morgan fingerprint density at radius 1 is 1.42 bits per heavy atom. The van der Waals surface area contributed by atoms with Gasteiger partial charge in [-0.1, -0.05) is 26.8 Å². The van der Waals surface area contributed by atoms with Crippen LogP contribution >= 0.6 is 0 Å². The molecule has 1 aliphatic rings. The van der Waals surface area contributed by atoms with Crippen LogP contribution in [0.3, 0.4) is 0 Å². The second-order valence-corrected chi connectivity index (χ2v) is 6.18. The number of ether oxygens (including phenoxy) is 1. The molecule has 1 N–H and O–H groups in total. The van der Waals surface area contributed by atoms with Crippen molar-refractivity contribution < 1.29 is 9.53 Å². The molecule has 1 aromatic rings. The van der Waals surface area contributed by atoms with Gasteiger partial charge in [-0.25, -0.2) is 4.98 Å². The molecule has 0 saturated heterocycles. The predicted octanol–water partition coefficient (Wildman–Crippen LogP) is 2.99. The van der Waals surface area contributed by atoms with Crippen molar-refractivity contribution in [2.75, 3.05) is 11.9 Å². The largest absolute Gasteiger partial charge is 0.375 e. The zero-order valence-electron chi connectivity index (χ0n) is 11.9. The van der Waals surface area contributed by atoms with Crippen LogP contribution in [0, 0.1) is 11.3 Å². The molecule has 4 heteroatoms. The molecule has 2 rings (SSSR count). The molecule has 19 heavy (non-hydrogen) atoms. The minimum atomic E-state index is -0.417. The number of pyridine rings is 1. The summed E-state index contributed by atoms with van der Waals surface area (Å²) in [5.41, 5.74) is 0.438. The number of nitrogens with one attached hydrogen (secondary N) is 1. The first-order chi connectivity index (χ1) is 8.95. The van der Waals surface area contributed by atoms with Crippen LogP contribution in [-0.4, -0.2) is 17.5 Å². The van der Waals surface area contributed by atoms with E-state index < -0.39 is 5.41 Å². The van der Waals surface area contributed by atoms with Crippen molar-refractivity contribution in [3.05, 3.63) is 23.9 Å². The molecule has 1 heterocycles. The van der Waals surface area contributed by atoms with E-state index >= 15 is 0 Å². The summed E-state index contributed by atoms with van der Waals surface area (Å²) in [6, 6.07) is 5.61. The highest BCUT2D eigenvalue weighted by atomic mass is 16.5. The Hall–Kier alpha value is -1.42. The summed E-state index contributed by atoms with van der Waals surface area (Å²) in [6.07, 6.45) is 2.57. The van der Waals surface area contributed by atoms with Crippen LogP contribution in [0.25, 0.3) is 0 Å². The number of carbonyl (C=O) groups excluding carboxylic acids is 1. The third kappa shape index (κ3) is 4.63. The van der Waals surface area contributed by atoms with Gasteiger partial charge in [0.15, 0.2) is 0 Å². The molecule has 1 amide bonds. The Kier molecular flexibility index (Phi) is 4.20. The summed E-state index contributed by atoms with van der Waals surface area (Å²) >= 11 is 0. The summed E-state index contributed by atoms with van der Waals surface area (Å²) in [4.78, 5) is 16.3. The number of nitrogens with zero attached hydrogens (tertiary/aromatic N) is 1. The Bertz CT molecular complexity index is 448. The fourth-order valence-electron chi connectivity index (χ4n) is 1.55. The summed E-state index contributed by atoms with van der Waals surface area (Å²) in [6.45, 7) is 6.97. The second kappa shape index (κ2) is 5.70. The topological polar surface area (TPSA) is 51.2 Å². The van der Waals surface area contributed by atoms with Crippen molar-refractivity contribution in [3.8, 4) is 0 Å². The Morgan fingerprint density at radius 2 is 2.16 bits per heavy atom. The number of hydrogen-bond acceptors (Lipinski definition) is 3. The fourth-order valence-corrected chi connectivity index (χ4v) is 1.55. The molecule has 0 unspecified atom stereocenters. The van der Waals surface area contributed by atoms with Gasteiger partial charge in [-0.3, -0.25) is 4.79 Å². The van der Waals surface area contributed by atoms with Crippen molar-refractivity contribution >= 4 is 11.7 Å². The molecule has 1 saturated carbocycles. The Labute approximate surface area is 114 Å².